The highest BCUT2D eigenvalue weighted by Crippen LogP contribution is 2.17. The average Bonchev–Trinajstić information content (AvgIpc) is 2.42. The van der Waals surface area contributed by atoms with Crippen LogP contribution in [0, 0.1) is 18.7 Å². The van der Waals surface area contributed by atoms with Crippen molar-refractivity contribution in [2.75, 3.05) is 6.54 Å². The number of hydrogen-bond acceptors (Lipinski definition) is 1. The van der Waals surface area contributed by atoms with Crippen LogP contribution in [0.1, 0.15) is 16.7 Å². The van der Waals surface area contributed by atoms with Crippen molar-refractivity contribution in [1.29, 1.82) is 0 Å². The molecule has 0 aromatic heterocycles. The van der Waals surface area contributed by atoms with E-state index in [4.69, 9.17) is 5.73 Å². The standard InChI is InChI=1S/C17H20FN/c1-13-9-17(18)8-7-16(13)11-15(12-19)10-14-5-3-2-4-6-14/h2-9,15H,10-12,19H2,1H3. The van der Waals surface area contributed by atoms with E-state index >= 15 is 0 Å². The molecule has 0 aliphatic rings. The van der Waals surface area contributed by atoms with E-state index in [1.807, 2.05) is 31.2 Å². The molecule has 1 unspecified atom stereocenters. The maximum Gasteiger partial charge on any atom is 0.123 e. The van der Waals surface area contributed by atoms with Gasteiger partial charge in [0, 0.05) is 0 Å². The van der Waals surface area contributed by atoms with Crippen molar-refractivity contribution in [1.82, 2.24) is 0 Å². The normalized spacial score (nSPS) is 12.4. The summed E-state index contributed by atoms with van der Waals surface area (Å²) >= 11 is 0. The molecule has 0 fully saturated rings. The van der Waals surface area contributed by atoms with Gasteiger partial charge in [-0.25, -0.2) is 4.39 Å². The van der Waals surface area contributed by atoms with Gasteiger partial charge in [-0.1, -0.05) is 36.4 Å². The topological polar surface area (TPSA) is 26.0 Å². The highest BCUT2D eigenvalue weighted by atomic mass is 19.1. The molecule has 0 amide bonds. The minimum Gasteiger partial charge on any atom is -0.330 e. The lowest BCUT2D eigenvalue weighted by atomic mass is 9.91. The SMILES string of the molecule is Cc1cc(F)ccc1CC(CN)Cc1ccccc1. The number of hydrogen-bond donors (Lipinski definition) is 1. The zero-order valence-corrected chi connectivity index (χ0v) is 11.3. The molecule has 2 rings (SSSR count). The third-order valence-electron chi connectivity index (χ3n) is 3.51. The van der Waals surface area contributed by atoms with E-state index in [2.05, 4.69) is 12.1 Å². The van der Waals surface area contributed by atoms with Crippen LogP contribution in [0.15, 0.2) is 48.5 Å². The minimum absolute atomic E-state index is 0.173. The van der Waals surface area contributed by atoms with E-state index in [-0.39, 0.29) is 5.82 Å². The molecule has 0 aliphatic heterocycles. The number of aryl methyl sites for hydroxylation is 1. The van der Waals surface area contributed by atoms with Gasteiger partial charge in [0.2, 0.25) is 0 Å². The molecule has 2 aromatic rings. The number of benzene rings is 2. The van der Waals surface area contributed by atoms with Crippen molar-refractivity contribution in [3.63, 3.8) is 0 Å². The quantitative estimate of drug-likeness (QED) is 0.871. The van der Waals surface area contributed by atoms with E-state index in [0.717, 1.165) is 18.4 Å². The second kappa shape index (κ2) is 6.48. The number of halogens is 1. The van der Waals surface area contributed by atoms with Crippen LogP contribution in [0.25, 0.3) is 0 Å². The summed E-state index contributed by atoms with van der Waals surface area (Å²) in [7, 11) is 0. The lowest BCUT2D eigenvalue weighted by Gasteiger charge is -2.16. The zero-order chi connectivity index (χ0) is 13.7. The van der Waals surface area contributed by atoms with Gasteiger partial charge < -0.3 is 5.73 Å². The van der Waals surface area contributed by atoms with Crippen molar-refractivity contribution in [2.45, 2.75) is 19.8 Å². The van der Waals surface area contributed by atoms with Crippen LogP contribution < -0.4 is 5.73 Å². The Morgan fingerprint density at radius 3 is 2.42 bits per heavy atom. The van der Waals surface area contributed by atoms with Gasteiger partial charge in [-0.3, -0.25) is 0 Å². The highest BCUT2D eigenvalue weighted by Gasteiger charge is 2.11. The molecular weight excluding hydrogens is 237 g/mol. The largest absolute Gasteiger partial charge is 0.330 e. The van der Waals surface area contributed by atoms with Gasteiger partial charge >= 0.3 is 0 Å². The first-order chi connectivity index (χ1) is 9.19. The Morgan fingerprint density at radius 1 is 1.05 bits per heavy atom. The third kappa shape index (κ3) is 3.90. The Bertz CT molecular complexity index is 522. The van der Waals surface area contributed by atoms with E-state index in [9.17, 15) is 4.39 Å². The molecule has 0 aliphatic carbocycles. The lowest BCUT2D eigenvalue weighted by molar-refractivity contribution is 0.531. The molecular formula is C17H20FN. The first kappa shape index (κ1) is 13.8. The second-order valence-electron chi connectivity index (χ2n) is 5.07. The number of rotatable bonds is 5. The van der Waals surface area contributed by atoms with Gasteiger partial charge in [0.1, 0.15) is 5.82 Å². The van der Waals surface area contributed by atoms with Crippen LogP contribution in [0.4, 0.5) is 4.39 Å². The van der Waals surface area contributed by atoms with E-state index in [0.29, 0.717) is 12.5 Å². The summed E-state index contributed by atoms with van der Waals surface area (Å²) in [6.45, 7) is 2.60. The molecule has 2 N–H and O–H groups in total. The summed E-state index contributed by atoms with van der Waals surface area (Å²) in [6, 6.07) is 15.4. The Morgan fingerprint density at radius 2 is 1.79 bits per heavy atom. The highest BCUT2D eigenvalue weighted by molar-refractivity contribution is 5.27. The second-order valence-corrected chi connectivity index (χ2v) is 5.07. The van der Waals surface area contributed by atoms with Crippen LogP contribution in [0.5, 0.6) is 0 Å². The van der Waals surface area contributed by atoms with E-state index in [1.165, 1.54) is 17.2 Å². The minimum atomic E-state index is -0.173. The lowest BCUT2D eigenvalue weighted by Crippen LogP contribution is -2.19. The monoisotopic (exact) mass is 257 g/mol. The molecule has 0 saturated heterocycles. The predicted molar refractivity (Wildman–Crippen MR) is 77.5 cm³/mol. The van der Waals surface area contributed by atoms with Crippen LogP contribution in [-0.4, -0.2) is 6.54 Å². The van der Waals surface area contributed by atoms with Gasteiger partial charge in [-0.2, -0.15) is 0 Å². The van der Waals surface area contributed by atoms with Gasteiger partial charge in [-0.05, 0) is 61.1 Å². The predicted octanol–water partition coefficient (Wildman–Crippen LogP) is 3.49. The molecule has 0 heterocycles. The van der Waals surface area contributed by atoms with Crippen LogP contribution in [0.2, 0.25) is 0 Å². The van der Waals surface area contributed by atoms with E-state index in [1.54, 1.807) is 6.07 Å². The molecule has 19 heavy (non-hydrogen) atoms. The van der Waals surface area contributed by atoms with Gasteiger partial charge in [-0.15, -0.1) is 0 Å². The van der Waals surface area contributed by atoms with Crippen LogP contribution in [0.3, 0.4) is 0 Å². The fraction of sp³-hybridized carbons (Fsp3) is 0.294. The molecule has 1 atom stereocenters. The Labute approximate surface area is 114 Å². The molecule has 2 heteroatoms. The van der Waals surface area contributed by atoms with Crippen molar-refractivity contribution in [3.8, 4) is 0 Å². The van der Waals surface area contributed by atoms with Crippen LogP contribution >= 0.6 is 0 Å². The van der Waals surface area contributed by atoms with Gasteiger partial charge in [0.25, 0.3) is 0 Å². The molecule has 0 spiro atoms. The third-order valence-corrected chi connectivity index (χ3v) is 3.51. The first-order valence-corrected chi connectivity index (χ1v) is 6.68. The average molecular weight is 257 g/mol. The van der Waals surface area contributed by atoms with Crippen molar-refractivity contribution in [2.24, 2.45) is 11.7 Å². The maximum atomic E-state index is 13.1. The Balaban J connectivity index is 2.06. The summed E-state index contributed by atoms with van der Waals surface area (Å²) in [6.07, 6.45) is 1.87. The van der Waals surface area contributed by atoms with Crippen molar-refractivity contribution < 1.29 is 4.39 Å². The zero-order valence-electron chi connectivity index (χ0n) is 11.3. The Hall–Kier alpha value is -1.67. The fourth-order valence-electron chi connectivity index (χ4n) is 2.39. The molecule has 100 valence electrons. The molecule has 1 nitrogen and oxygen atoms in total. The summed E-state index contributed by atoms with van der Waals surface area (Å²) < 4.78 is 13.1. The molecule has 0 radical (unpaired) electrons. The molecule has 0 saturated carbocycles. The fourth-order valence-corrected chi connectivity index (χ4v) is 2.39. The smallest absolute Gasteiger partial charge is 0.123 e. The van der Waals surface area contributed by atoms with Gasteiger partial charge in [0.15, 0.2) is 0 Å². The molecule has 2 aromatic carbocycles. The Kier molecular flexibility index (Phi) is 4.69. The first-order valence-electron chi connectivity index (χ1n) is 6.68. The van der Waals surface area contributed by atoms with Gasteiger partial charge in [0.05, 0.1) is 0 Å². The summed E-state index contributed by atoms with van der Waals surface area (Å²) in [5, 5.41) is 0. The molecule has 0 bridgehead atoms. The van der Waals surface area contributed by atoms with Crippen molar-refractivity contribution >= 4 is 0 Å². The summed E-state index contributed by atoms with van der Waals surface area (Å²) in [5.74, 6) is 0.222. The summed E-state index contributed by atoms with van der Waals surface area (Å²) in [4.78, 5) is 0. The van der Waals surface area contributed by atoms with E-state index < -0.39 is 0 Å². The summed E-state index contributed by atoms with van der Waals surface area (Å²) in [5.41, 5.74) is 9.37. The number of nitrogens with two attached hydrogens (primary N) is 1. The van der Waals surface area contributed by atoms with Crippen LogP contribution in [-0.2, 0) is 12.8 Å². The van der Waals surface area contributed by atoms with Crippen molar-refractivity contribution in [3.05, 3.63) is 71.0 Å². The maximum absolute atomic E-state index is 13.1.